The van der Waals surface area contributed by atoms with E-state index in [1.807, 2.05) is 60.0 Å². The van der Waals surface area contributed by atoms with Crippen LogP contribution in [0.2, 0.25) is 0 Å². The Kier molecular flexibility index (Phi) is 3.91. The summed E-state index contributed by atoms with van der Waals surface area (Å²) < 4.78 is 40.2. The lowest BCUT2D eigenvalue weighted by Gasteiger charge is -2.05. The molecule has 1 heterocycles. The van der Waals surface area contributed by atoms with E-state index in [0.717, 1.165) is 16.6 Å². The molecule has 0 fully saturated rings. The summed E-state index contributed by atoms with van der Waals surface area (Å²) in [5, 5.41) is 0.651. The van der Waals surface area contributed by atoms with Crippen LogP contribution in [0.5, 0.6) is 0 Å². The number of fused-ring (bicyclic) bond motifs is 1. The van der Waals surface area contributed by atoms with Gasteiger partial charge in [0.15, 0.2) is 0 Å². The molecule has 0 amide bonds. The molecule has 0 aliphatic rings. The van der Waals surface area contributed by atoms with Crippen molar-refractivity contribution in [3.05, 3.63) is 65.9 Å². The number of aryl methyl sites for hydroxylation is 1. The quantitative estimate of drug-likeness (QED) is 0.568. The average Bonchev–Trinajstić information content (AvgIpc) is 2.75. The highest BCUT2D eigenvalue weighted by molar-refractivity contribution is 8.00. The van der Waals surface area contributed by atoms with E-state index in [4.69, 9.17) is 0 Å². The topological polar surface area (TPSA) is 4.93 Å². The van der Waals surface area contributed by atoms with Gasteiger partial charge in [0.2, 0.25) is 0 Å². The van der Waals surface area contributed by atoms with Crippen molar-refractivity contribution in [2.24, 2.45) is 0 Å². The van der Waals surface area contributed by atoms with Gasteiger partial charge in [0, 0.05) is 28.5 Å². The molecule has 3 aromatic rings. The molecule has 0 saturated heterocycles. The minimum atomic E-state index is -4.28. The first-order valence-electron chi connectivity index (χ1n) is 6.81. The van der Waals surface area contributed by atoms with Crippen LogP contribution < -0.4 is 0 Å². The zero-order valence-electron chi connectivity index (χ0n) is 11.9. The minimum absolute atomic E-state index is 0.0505. The molecule has 2 aromatic carbocycles. The molecule has 0 unspecified atom stereocenters. The number of hydrogen-bond acceptors (Lipinski definition) is 1. The first-order chi connectivity index (χ1) is 10.4. The van der Waals surface area contributed by atoms with Crippen LogP contribution in [-0.4, -0.2) is 10.1 Å². The molecule has 0 saturated carbocycles. The van der Waals surface area contributed by atoms with Crippen molar-refractivity contribution in [3.63, 3.8) is 0 Å². The number of halogens is 3. The smallest absolute Gasteiger partial charge is 0.342 e. The summed E-state index contributed by atoms with van der Waals surface area (Å²) in [5.41, 5.74) is -1.45. The van der Waals surface area contributed by atoms with Gasteiger partial charge in [-0.15, -0.1) is 0 Å². The van der Waals surface area contributed by atoms with E-state index >= 15 is 0 Å². The Hall–Kier alpha value is -1.88. The Bertz CT molecular complexity index is 791. The van der Waals surface area contributed by atoms with E-state index in [1.165, 1.54) is 0 Å². The van der Waals surface area contributed by atoms with E-state index in [2.05, 4.69) is 0 Å². The molecule has 0 aliphatic heterocycles. The maximum absolute atomic E-state index is 12.8. The number of benzene rings is 2. The second kappa shape index (κ2) is 5.72. The Morgan fingerprint density at radius 2 is 1.77 bits per heavy atom. The second-order valence-corrected chi connectivity index (χ2v) is 6.28. The molecular formula is C17H14F3NS. The van der Waals surface area contributed by atoms with E-state index in [-0.39, 0.29) is 16.7 Å². The number of rotatable bonds is 3. The van der Waals surface area contributed by atoms with Gasteiger partial charge < -0.3 is 4.57 Å². The zero-order valence-corrected chi connectivity index (χ0v) is 12.7. The molecule has 0 bridgehead atoms. The first-order valence-corrected chi connectivity index (χ1v) is 7.63. The summed E-state index contributed by atoms with van der Waals surface area (Å²) in [5.74, 6) is 0. The molecule has 0 atom stereocenters. The number of thioether (sulfide) groups is 1. The third-order valence-corrected chi connectivity index (χ3v) is 4.20. The van der Waals surface area contributed by atoms with Crippen molar-refractivity contribution < 1.29 is 13.2 Å². The molecule has 5 heteroatoms. The van der Waals surface area contributed by atoms with E-state index < -0.39 is 5.51 Å². The third-order valence-electron chi connectivity index (χ3n) is 3.42. The van der Waals surface area contributed by atoms with Gasteiger partial charge in [-0.1, -0.05) is 42.0 Å². The summed E-state index contributed by atoms with van der Waals surface area (Å²) in [6.07, 6.45) is 1.59. The third kappa shape index (κ3) is 3.30. The van der Waals surface area contributed by atoms with Crippen LogP contribution in [0.1, 0.15) is 11.1 Å². The normalized spacial score (nSPS) is 12.0. The summed E-state index contributed by atoms with van der Waals surface area (Å²) in [6, 6.07) is 15.3. The molecule has 114 valence electrons. The number of nitrogens with zero attached hydrogens (tertiary/aromatic N) is 1. The number of aromatic nitrogens is 1. The van der Waals surface area contributed by atoms with Gasteiger partial charge in [0.25, 0.3) is 0 Å². The van der Waals surface area contributed by atoms with Gasteiger partial charge in [0.05, 0.1) is 0 Å². The van der Waals surface area contributed by atoms with Crippen LogP contribution in [0.25, 0.3) is 10.9 Å². The zero-order chi connectivity index (χ0) is 15.7. The standard InChI is InChI=1S/C17H14F3NS/c1-12-7-8-15-14(9-12)16(22-17(18,19)20)11-21(15)10-13-5-3-2-4-6-13/h2-9,11H,10H2,1H3. The van der Waals surface area contributed by atoms with Gasteiger partial charge in [-0.2, -0.15) is 13.2 Å². The molecule has 0 radical (unpaired) electrons. The fourth-order valence-corrected chi connectivity index (χ4v) is 3.20. The van der Waals surface area contributed by atoms with Crippen molar-refractivity contribution in [2.75, 3.05) is 0 Å². The highest BCUT2D eigenvalue weighted by Gasteiger charge is 2.31. The van der Waals surface area contributed by atoms with Crippen molar-refractivity contribution >= 4 is 22.7 Å². The van der Waals surface area contributed by atoms with Crippen LogP contribution in [0.4, 0.5) is 13.2 Å². The highest BCUT2D eigenvalue weighted by Crippen LogP contribution is 2.41. The molecule has 1 aromatic heterocycles. The Morgan fingerprint density at radius 3 is 2.45 bits per heavy atom. The largest absolute Gasteiger partial charge is 0.446 e. The number of alkyl halides is 3. The van der Waals surface area contributed by atoms with Gasteiger partial charge in [0.1, 0.15) is 0 Å². The maximum atomic E-state index is 12.8. The van der Waals surface area contributed by atoms with Crippen LogP contribution >= 0.6 is 11.8 Å². The van der Waals surface area contributed by atoms with E-state index in [1.54, 1.807) is 6.20 Å². The fourth-order valence-electron chi connectivity index (χ4n) is 2.50. The summed E-state index contributed by atoms with van der Waals surface area (Å²) in [4.78, 5) is 0.252. The monoisotopic (exact) mass is 321 g/mol. The van der Waals surface area contributed by atoms with Crippen molar-refractivity contribution in [1.82, 2.24) is 4.57 Å². The van der Waals surface area contributed by atoms with Crippen molar-refractivity contribution in [3.8, 4) is 0 Å². The molecule has 3 rings (SSSR count). The Morgan fingerprint density at radius 1 is 1.05 bits per heavy atom. The lowest BCUT2D eigenvalue weighted by atomic mass is 10.2. The van der Waals surface area contributed by atoms with Gasteiger partial charge in [-0.05, 0) is 36.4 Å². The summed E-state index contributed by atoms with van der Waals surface area (Å²) >= 11 is -0.0505. The lowest BCUT2D eigenvalue weighted by molar-refractivity contribution is -0.0327. The minimum Gasteiger partial charge on any atom is -0.342 e. The molecule has 0 N–H and O–H groups in total. The fraction of sp³-hybridized carbons (Fsp3) is 0.176. The maximum Gasteiger partial charge on any atom is 0.446 e. The predicted octanol–water partition coefficient (Wildman–Crippen LogP) is 5.61. The molecule has 0 aliphatic carbocycles. The molecule has 22 heavy (non-hydrogen) atoms. The van der Waals surface area contributed by atoms with Gasteiger partial charge in [-0.25, -0.2) is 0 Å². The van der Waals surface area contributed by atoms with Crippen LogP contribution in [0.3, 0.4) is 0 Å². The van der Waals surface area contributed by atoms with Gasteiger partial charge >= 0.3 is 5.51 Å². The SMILES string of the molecule is Cc1ccc2c(c1)c(SC(F)(F)F)cn2Cc1ccccc1. The van der Waals surface area contributed by atoms with Gasteiger partial charge in [-0.3, -0.25) is 0 Å². The molecular weight excluding hydrogens is 307 g/mol. The van der Waals surface area contributed by atoms with Crippen LogP contribution in [-0.2, 0) is 6.54 Å². The first kappa shape index (κ1) is 15.0. The van der Waals surface area contributed by atoms with Crippen molar-refractivity contribution in [2.45, 2.75) is 23.9 Å². The second-order valence-electron chi connectivity index (χ2n) is 5.18. The highest BCUT2D eigenvalue weighted by atomic mass is 32.2. The predicted molar refractivity (Wildman–Crippen MR) is 84.1 cm³/mol. The Balaban J connectivity index is 2.07. The lowest BCUT2D eigenvalue weighted by Crippen LogP contribution is -1.99. The van der Waals surface area contributed by atoms with Crippen molar-refractivity contribution in [1.29, 1.82) is 0 Å². The molecule has 0 spiro atoms. The van der Waals surface area contributed by atoms with E-state index in [0.29, 0.717) is 11.9 Å². The summed E-state index contributed by atoms with van der Waals surface area (Å²) in [6.45, 7) is 2.44. The van der Waals surface area contributed by atoms with E-state index in [9.17, 15) is 13.2 Å². The molecule has 1 nitrogen and oxygen atoms in total. The average molecular weight is 321 g/mol. The Labute approximate surface area is 130 Å². The van der Waals surface area contributed by atoms with Crippen LogP contribution in [0.15, 0.2) is 59.6 Å². The van der Waals surface area contributed by atoms with Crippen LogP contribution in [0, 0.1) is 6.92 Å². The number of hydrogen-bond donors (Lipinski definition) is 0. The summed E-state index contributed by atoms with van der Waals surface area (Å²) in [7, 11) is 0.